The van der Waals surface area contributed by atoms with Gasteiger partial charge in [0.1, 0.15) is 22.9 Å². The Kier molecular flexibility index (Phi) is 3.35. The lowest BCUT2D eigenvalue weighted by atomic mass is 10.2. The molecule has 0 aliphatic rings. The van der Waals surface area contributed by atoms with Gasteiger partial charge >= 0.3 is 5.97 Å². The third kappa shape index (κ3) is 2.48. The van der Waals surface area contributed by atoms with Crippen molar-refractivity contribution in [2.45, 2.75) is 6.61 Å². The predicted molar refractivity (Wildman–Crippen MR) is 77.4 cm³/mol. The maximum Gasteiger partial charge on any atom is 0.339 e. The number of hydrogen-bond acceptors (Lipinski definition) is 4. The monoisotopic (exact) mass is 285 g/mol. The fourth-order valence-electron chi connectivity index (χ4n) is 1.89. The molecule has 0 saturated heterocycles. The predicted octanol–water partition coefficient (Wildman–Crippen LogP) is 3.57. The van der Waals surface area contributed by atoms with E-state index in [0.29, 0.717) is 5.75 Å². The molecule has 0 aliphatic carbocycles. The van der Waals surface area contributed by atoms with E-state index < -0.39 is 5.97 Å². The zero-order valence-electron chi connectivity index (χ0n) is 10.4. The van der Waals surface area contributed by atoms with Crippen LogP contribution in [0.3, 0.4) is 0 Å². The first-order valence-corrected chi connectivity index (χ1v) is 6.85. The number of fused-ring (bicyclic) bond motifs is 1. The van der Waals surface area contributed by atoms with Crippen LogP contribution in [0.2, 0.25) is 0 Å². The molecule has 3 rings (SSSR count). The fourth-order valence-corrected chi connectivity index (χ4v) is 2.77. The minimum atomic E-state index is -0.995. The van der Waals surface area contributed by atoms with Gasteiger partial charge < -0.3 is 9.84 Å². The molecule has 0 unspecified atom stereocenters. The highest BCUT2D eigenvalue weighted by Crippen LogP contribution is 2.24. The second-order valence-electron chi connectivity index (χ2n) is 4.17. The standard InChI is InChI=1S/C15H11NO3S/c17-15(18)10-5-1-3-7-12(10)19-9-14-16-11-6-2-4-8-13(11)20-14/h1-8H,9H2,(H,17,18). The number of ether oxygens (including phenoxy) is 1. The number of benzene rings is 2. The number of hydrogen-bond donors (Lipinski definition) is 1. The minimum absolute atomic E-state index is 0.161. The number of carbonyl (C=O) groups is 1. The van der Waals surface area contributed by atoms with E-state index in [0.717, 1.165) is 15.2 Å². The maximum atomic E-state index is 11.1. The van der Waals surface area contributed by atoms with Crippen LogP contribution in [0.5, 0.6) is 5.75 Å². The van der Waals surface area contributed by atoms with Gasteiger partial charge in [-0.15, -0.1) is 11.3 Å². The summed E-state index contributed by atoms with van der Waals surface area (Å²) < 4.78 is 6.68. The number of nitrogens with zero attached hydrogens (tertiary/aromatic N) is 1. The fraction of sp³-hybridized carbons (Fsp3) is 0.0667. The lowest BCUT2D eigenvalue weighted by molar-refractivity contribution is 0.0691. The van der Waals surface area contributed by atoms with Gasteiger partial charge in [0.15, 0.2) is 0 Å². The number of aromatic nitrogens is 1. The molecule has 0 atom stereocenters. The van der Waals surface area contributed by atoms with Crippen LogP contribution in [-0.2, 0) is 6.61 Å². The molecule has 1 N–H and O–H groups in total. The second-order valence-corrected chi connectivity index (χ2v) is 5.28. The van der Waals surface area contributed by atoms with Crippen molar-refractivity contribution in [3.63, 3.8) is 0 Å². The highest BCUT2D eigenvalue weighted by molar-refractivity contribution is 7.18. The summed E-state index contributed by atoms with van der Waals surface area (Å²) in [5.74, 6) is -0.635. The van der Waals surface area contributed by atoms with E-state index in [4.69, 9.17) is 9.84 Å². The quantitative estimate of drug-likeness (QED) is 0.796. The SMILES string of the molecule is O=C(O)c1ccccc1OCc1nc2ccccc2s1. The Hall–Kier alpha value is -2.40. The molecule has 0 spiro atoms. The van der Waals surface area contributed by atoms with Crippen LogP contribution in [0, 0.1) is 0 Å². The van der Waals surface area contributed by atoms with Crippen molar-refractivity contribution >= 4 is 27.5 Å². The summed E-state index contributed by atoms with van der Waals surface area (Å²) in [4.78, 5) is 15.5. The second kappa shape index (κ2) is 5.30. The largest absolute Gasteiger partial charge is 0.486 e. The molecule has 0 radical (unpaired) electrons. The van der Waals surface area contributed by atoms with Crippen molar-refractivity contribution in [1.82, 2.24) is 4.98 Å². The number of rotatable bonds is 4. The zero-order valence-corrected chi connectivity index (χ0v) is 11.3. The van der Waals surface area contributed by atoms with Crippen LogP contribution in [0.4, 0.5) is 0 Å². The Labute approximate surface area is 119 Å². The molecule has 0 amide bonds. The Morgan fingerprint density at radius 1 is 1.15 bits per heavy atom. The van der Waals surface area contributed by atoms with Crippen LogP contribution in [0.15, 0.2) is 48.5 Å². The molecule has 3 aromatic rings. The molecular formula is C15H11NO3S. The first-order chi connectivity index (χ1) is 9.74. The van der Waals surface area contributed by atoms with E-state index in [2.05, 4.69) is 4.98 Å². The van der Waals surface area contributed by atoms with Gasteiger partial charge in [0.2, 0.25) is 0 Å². The summed E-state index contributed by atoms with van der Waals surface area (Å²) in [6.45, 7) is 0.267. The van der Waals surface area contributed by atoms with E-state index in [1.807, 2.05) is 24.3 Å². The molecule has 2 aromatic carbocycles. The van der Waals surface area contributed by atoms with Crippen LogP contribution in [0.1, 0.15) is 15.4 Å². The van der Waals surface area contributed by atoms with Crippen molar-refractivity contribution in [2.24, 2.45) is 0 Å². The van der Waals surface area contributed by atoms with E-state index in [-0.39, 0.29) is 12.2 Å². The van der Waals surface area contributed by atoms with Crippen molar-refractivity contribution < 1.29 is 14.6 Å². The van der Waals surface area contributed by atoms with E-state index >= 15 is 0 Å². The van der Waals surface area contributed by atoms with Gasteiger partial charge in [0.25, 0.3) is 0 Å². The minimum Gasteiger partial charge on any atom is -0.486 e. The molecule has 0 aliphatic heterocycles. The molecule has 1 aromatic heterocycles. The Bertz CT molecular complexity index is 733. The molecule has 4 nitrogen and oxygen atoms in total. The Morgan fingerprint density at radius 3 is 2.70 bits per heavy atom. The van der Waals surface area contributed by atoms with Gasteiger partial charge in [-0.1, -0.05) is 24.3 Å². The molecule has 0 saturated carbocycles. The summed E-state index contributed by atoms with van der Waals surface area (Å²) in [5, 5.41) is 9.91. The highest BCUT2D eigenvalue weighted by Gasteiger charge is 2.11. The summed E-state index contributed by atoms with van der Waals surface area (Å²) >= 11 is 1.55. The molecule has 0 bridgehead atoms. The van der Waals surface area contributed by atoms with Gasteiger partial charge in [-0.2, -0.15) is 0 Å². The van der Waals surface area contributed by atoms with Gasteiger partial charge in [-0.25, -0.2) is 9.78 Å². The Balaban J connectivity index is 1.81. The van der Waals surface area contributed by atoms with Crippen molar-refractivity contribution in [3.05, 3.63) is 59.1 Å². The molecular weight excluding hydrogens is 274 g/mol. The topological polar surface area (TPSA) is 59.4 Å². The van der Waals surface area contributed by atoms with Crippen LogP contribution < -0.4 is 4.74 Å². The average Bonchev–Trinajstić information content (AvgIpc) is 2.88. The van der Waals surface area contributed by atoms with E-state index in [9.17, 15) is 4.79 Å². The van der Waals surface area contributed by atoms with Crippen molar-refractivity contribution in [3.8, 4) is 5.75 Å². The summed E-state index contributed by atoms with van der Waals surface area (Å²) in [6.07, 6.45) is 0. The molecule has 20 heavy (non-hydrogen) atoms. The molecule has 100 valence electrons. The summed E-state index contributed by atoms with van der Waals surface area (Å²) in [7, 11) is 0. The maximum absolute atomic E-state index is 11.1. The summed E-state index contributed by atoms with van der Waals surface area (Å²) in [6, 6.07) is 14.4. The van der Waals surface area contributed by atoms with Crippen LogP contribution in [-0.4, -0.2) is 16.1 Å². The number of aromatic carboxylic acids is 1. The highest BCUT2D eigenvalue weighted by atomic mass is 32.1. The molecule has 1 heterocycles. The van der Waals surface area contributed by atoms with Crippen molar-refractivity contribution in [1.29, 1.82) is 0 Å². The number of carboxylic acids is 1. The zero-order chi connectivity index (χ0) is 13.9. The molecule has 5 heteroatoms. The van der Waals surface area contributed by atoms with E-state index in [1.54, 1.807) is 29.5 Å². The van der Waals surface area contributed by atoms with Crippen LogP contribution >= 0.6 is 11.3 Å². The van der Waals surface area contributed by atoms with Crippen molar-refractivity contribution in [2.75, 3.05) is 0 Å². The first-order valence-electron chi connectivity index (χ1n) is 6.03. The van der Waals surface area contributed by atoms with Gasteiger partial charge in [-0.3, -0.25) is 0 Å². The first kappa shape index (κ1) is 12.6. The smallest absolute Gasteiger partial charge is 0.339 e. The van der Waals surface area contributed by atoms with Gasteiger partial charge in [0.05, 0.1) is 10.2 Å². The van der Waals surface area contributed by atoms with Crippen LogP contribution in [0.25, 0.3) is 10.2 Å². The lowest BCUT2D eigenvalue weighted by Crippen LogP contribution is -2.02. The third-order valence-electron chi connectivity index (χ3n) is 2.81. The lowest BCUT2D eigenvalue weighted by Gasteiger charge is -2.06. The van der Waals surface area contributed by atoms with E-state index in [1.165, 1.54) is 6.07 Å². The van der Waals surface area contributed by atoms with Gasteiger partial charge in [-0.05, 0) is 24.3 Å². The summed E-state index contributed by atoms with van der Waals surface area (Å²) in [5.41, 5.74) is 1.09. The normalized spacial score (nSPS) is 10.6. The number of para-hydroxylation sites is 2. The third-order valence-corrected chi connectivity index (χ3v) is 3.82. The van der Waals surface area contributed by atoms with Gasteiger partial charge in [0, 0.05) is 0 Å². The average molecular weight is 285 g/mol. The number of carboxylic acid groups (broad SMARTS) is 1. The Morgan fingerprint density at radius 2 is 1.90 bits per heavy atom. The number of thiazole rings is 1. The molecule has 0 fully saturated rings.